The molecule has 6 nitrogen and oxygen atoms in total. The minimum Gasteiger partial charge on any atom is -0.467 e. The Labute approximate surface area is 155 Å². The van der Waals surface area contributed by atoms with Crippen molar-refractivity contribution in [2.24, 2.45) is 0 Å². The summed E-state index contributed by atoms with van der Waals surface area (Å²) in [5, 5.41) is 13.8. The van der Waals surface area contributed by atoms with Crippen molar-refractivity contribution < 1.29 is 22.7 Å². The molecule has 2 N–H and O–H groups in total. The zero-order chi connectivity index (χ0) is 19.2. The maximum Gasteiger partial charge on any atom is 0.422 e. The summed E-state index contributed by atoms with van der Waals surface area (Å²) < 4.78 is 42.0. The van der Waals surface area contributed by atoms with Gasteiger partial charge in [0.2, 0.25) is 5.88 Å². The number of ether oxygens (including phenoxy) is 1. The number of anilines is 1. The molecule has 0 aliphatic carbocycles. The summed E-state index contributed by atoms with van der Waals surface area (Å²) in [4.78, 5) is 15.7. The van der Waals surface area contributed by atoms with E-state index >= 15 is 0 Å². The monoisotopic (exact) mass is 428 g/mol. The number of halogens is 4. The van der Waals surface area contributed by atoms with E-state index in [1.807, 2.05) is 6.07 Å². The van der Waals surface area contributed by atoms with Gasteiger partial charge in [-0.2, -0.15) is 18.4 Å². The minimum atomic E-state index is -4.53. The average Bonchev–Trinajstić information content (AvgIpc) is 2.58. The highest BCUT2D eigenvalue weighted by Crippen LogP contribution is 2.27. The van der Waals surface area contributed by atoms with Crippen molar-refractivity contribution in [3.63, 3.8) is 0 Å². The summed E-state index contributed by atoms with van der Waals surface area (Å²) >= 11 is 3.13. The summed E-state index contributed by atoms with van der Waals surface area (Å²) in [6, 6.07) is 9.32. The fraction of sp³-hybridized carbons (Fsp3) is 0.188. The van der Waals surface area contributed by atoms with E-state index in [-0.39, 0.29) is 18.1 Å². The largest absolute Gasteiger partial charge is 0.467 e. The van der Waals surface area contributed by atoms with Gasteiger partial charge in [0.05, 0.1) is 11.6 Å². The van der Waals surface area contributed by atoms with Gasteiger partial charge in [-0.3, -0.25) is 0 Å². The van der Waals surface area contributed by atoms with Gasteiger partial charge in [0, 0.05) is 17.2 Å². The number of aromatic nitrogens is 1. The Kier molecular flexibility index (Phi) is 6.41. The number of pyridine rings is 1. The number of alkyl halides is 3. The van der Waals surface area contributed by atoms with Crippen molar-refractivity contribution in [2.75, 3.05) is 11.9 Å². The molecule has 0 atom stereocenters. The van der Waals surface area contributed by atoms with Crippen LogP contribution in [0.1, 0.15) is 11.1 Å². The smallest absolute Gasteiger partial charge is 0.422 e. The first-order valence-electron chi connectivity index (χ1n) is 7.16. The molecule has 2 aromatic rings. The number of hydrogen-bond donors (Lipinski definition) is 2. The molecule has 1 aromatic heterocycles. The highest BCUT2D eigenvalue weighted by atomic mass is 79.9. The van der Waals surface area contributed by atoms with Crippen LogP contribution in [-0.2, 0) is 6.54 Å². The quantitative estimate of drug-likeness (QED) is 0.753. The van der Waals surface area contributed by atoms with Crippen LogP contribution in [-0.4, -0.2) is 23.8 Å². The average molecular weight is 429 g/mol. The summed E-state index contributed by atoms with van der Waals surface area (Å²) in [6.07, 6.45) is -3.28. The number of carbonyl (C=O) groups excluding carboxylic acids is 1. The summed E-state index contributed by atoms with van der Waals surface area (Å²) in [5.41, 5.74) is 1.12. The molecule has 0 bridgehead atoms. The van der Waals surface area contributed by atoms with Crippen molar-refractivity contribution in [1.82, 2.24) is 10.3 Å². The van der Waals surface area contributed by atoms with Gasteiger partial charge >= 0.3 is 12.2 Å². The first-order chi connectivity index (χ1) is 12.3. The molecule has 2 rings (SSSR count). The van der Waals surface area contributed by atoms with Crippen LogP contribution in [0, 0.1) is 11.3 Å². The van der Waals surface area contributed by atoms with Gasteiger partial charge in [0.1, 0.15) is 5.69 Å². The van der Waals surface area contributed by atoms with Crippen molar-refractivity contribution in [3.8, 4) is 11.9 Å². The summed E-state index contributed by atoms with van der Waals surface area (Å²) in [6.45, 7) is -1.40. The number of benzene rings is 1. The molecule has 0 unspecified atom stereocenters. The molecular weight excluding hydrogens is 417 g/mol. The van der Waals surface area contributed by atoms with E-state index in [1.54, 1.807) is 24.3 Å². The van der Waals surface area contributed by atoms with Crippen LogP contribution in [0.5, 0.6) is 5.88 Å². The molecule has 2 amide bonds. The second-order valence-electron chi connectivity index (χ2n) is 5.03. The Hall–Kier alpha value is -2.80. The third-order valence-corrected chi connectivity index (χ3v) is 3.38. The Morgan fingerprint density at radius 2 is 2.12 bits per heavy atom. The number of nitrogens with zero attached hydrogens (tertiary/aromatic N) is 2. The molecule has 1 heterocycles. The molecule has 0 saturated carbocycles. The predicted molar refractivity (Wildman–Crippen MR) is 90.5 cm³/mol. The SMILES string of the molecule is N#Cc1cccc(CNC(=O)Nc2cc(Br)cnc2OCC(F)(F)F)c1. The first kappa shape index (κ1) is 19.5. The van der Waals surface area contributed by atoms with E-state index in [0.717, 1.165) is 0 Å². The van der Waals surface area contributed by atoms with E-state index in [4.69, 9.17) is 5.26 Å². The number of urea groups is 1. The number of hydrogen-bond acceptors (Lipinski definition) is 4. The lowest BCUT2D eigenvalue weighted by Crippen LogP contribution is -2.29. The highest BCUT2D eigenvalue weighted by molar-refractivity contribution is 9.10. The van der Waals surface area contributed by atoms with Gasteiger partial charge in [-0.25, -0.2) is 9.78 Å². The molecule has 26 heavy (non-hydrogen) atoms. The van der Waals surface area contributed by atoms with Crippen molar-refractivity contribution >= 4 is 27.6 Å². The van der Waals surface area contributed by atoms with Gasteiger partial charge in [-0.15, -0.1) is 0 Å². The third-order valence-electron chi connectivity index (χ3n) is 2.95. The van der Waals surface area contributed by atoms with Crippen LogP contribution in [0.2, 0.25) is 0 Å². The molecule has 0 fully saturated rings. The highest BCUT2D eigenvalue weighted by Gasteiger charge is 2.29. The Balaban J connectivity index is 2.01. The van der Waals surface area contributed by atoms with Gasteiger partial charge in [-0.05, 0) is 39.7 Å². The number of nitrogens with one attached hydrogen (secondary N) is 2. The van der Waals surface area contributed by atoms with Crippen molar-refractivity contribution in [2.45, 2.75) is 12.7 Å². The van der Waals surface area contributed by atoms with E-state index in [9.17, 15) is 18.0 Å². The Morgan fingerprint density at radius 3 is 2.81 bits per heavy atom. The molecule has 0 aliphatic rings. The molecule has 10 heteroatoms. The Morgan fingerprint density at radius 1 is 1.35 bits per heavy atom. The topological polar surface area (TPSA) is 87.0 Å². The number of nitriles is 1. The zero-order valence-corrected chi connectivity index (χ0v) is 14.7. The van der Waals surface area contributed by atoms with Gasteiger partial charge in [0.25, 0.3) is 0 Å². The van der Waals surface area contributed by atoms with E-state index in [2.05, 4.69) is 36.3 Å². The standard InChI is InChI=1S/C16H12BrF3N4O2/c17-12-5-13(14(22-8-12)26-9-16(18,19)20)24-15(25)23-7-11-3-1-2-10(4-11)6-21/h1-5,8H,7,9H2,(H2,23,24,25). The summed E-state index contributed by atoms with van der Waals surface area (Å²) in [5.74, 6) is -0.354. The molecule has 1 aromatic carbocycles. The van der Waals surface area contributed by atoms with Crippen LogP contribution in [0.15, 0.2) is 41.0 Å². The number of rotatable bonds is 5. The second kappa shape index (κ2) is 8.53. The van der Waals surface area contributed by atoms with Crippen molar-refractivity contribution in [1.29, 1.82) is 5.26 Å². The fourth-order valence-corrected chi connectivity index (χ4v) is 2.21. The molecule has 0 aliphatic heterocycles. The molecule has 0 spiro atoms. The van der Waals surface area contributed by atoms with Crippen LogP contribution in [0.4, 0.5) is 23.7 Å². The fourth-order valence-electron chi connectivity index (χ4n) is 1.88. The normalized spacial score (nSPS) is 10.7. The maximum absolute atomic E-state index is 12.3. The maximum atomic E-state index is 12.3. The second-order valence-corrected chi connectivity index (χ2v) is 5.95. The Bertz CT molecular complexity index is 837. The lowest BCUT2D eigenvalue weighted by molar-refractivity contribution is -0.153. The van der Waals surface area contributed by atoms with Crippen LogP contribution in [0.25, 0.3) is 0 Å². The van der Waals surface area contributed by atoms with E-state index < -0.39 is 18.8 Å². The van der Waals surface area contributed by atoms with Gasteiger partial charge in [0.15, 0.2) is 6.61 Å². The minimum absolute atomic E-state index is 0.0214. The van der Waals surface area contributed by atoms with Gasteiger partial charge in [-0.1, -0.05) is 12.1 Å². The van der Waals surface area contributed by atoms with Crippen LogP contribution >= 0.6 is 15.9 Å². The molecule has 0 saturated heterocycles. The lowest BCUT2D eigenvalue weighted by atomic mass is 10.1. The number of carbonyl (C=O) groups is 1. The molecule has 136 valence electrons. The van der Waals surface area contributed by atoms with Crippen molar-refractivity contribution in [3.05, 3.63) is 52.1 Å². The number of amides is 2. The summed E-state index contributed by atoms with van der Waals surface area (Å²) in [7, 11) is 0. The van der Waals surface area contributed by atoms with Crippen LogP contribution < -0.4 is 15.4 Å². The zero-order valence-electron chi connectivity index (χ0n) is 13.1. The lowest BCUT2D eigenvalue weighted by Gasteiger charge is -2.13. The van der Waals surface area contributed by atoms with E-state index in [0.29, 0.717) is 15.6 Å². The van der Waals surface area contributed by atoms with Crippen LogP contribution in [0.3, 0.4) is 0 Å². The third kappa shape index (κ3) is 6.25. The first-order valence-corrected chi connectivity index (χ1v) is 7.95. The molecular formula is C16H12BrF3N4O2. The van der Waals surface area contributed by atoms with E-state index in [1.165, 1.54) is 12.3 Å². The molecule has 0 radical (unpaired) electrons. The predicted octanol–water partition coefficient (Wildman–Crippen LogP) is 3.98. The van der Waals surface area contributed by atoms with Gasteiger partial charge < -0.3 is 15.4 Å².